The SMILES string of the molecule is CNCCCCc1ccc2c(c1)CCCO2. The van der Waals surface area contributed by atoms with Gasteiger partial charge in [0.15, 0.2) is 0 Å². The Labute approximate surface area is 98.0 Å². The van der Waals surface area contributed by atoms with Gasteiger partial charge in [-0.2, -0.15) is 0 Å². The van der Waals surface area contributed by atoms with Crippen molar-refractivity contribution in [2.24, 2.45) is 0 Å². The smallest absolute Gasteiger partial charge is 0.122 e. The van der Waals surface area contributed by atoms with Gasteiger partial charge in [-0.15, -0.1) is 0 Å². The van der Waals surface area contributed by atoms with Crippen LogP contribution in [0.15, 0.2) is 18.2 Å². The van der Waals surface area contributed by atoms with Gasteiger partial charge in [-0.3, -0.25) is 0 Å². The monoisotopic (exact) mass is 219 g/mol. The standard InChI is InChI=1S/C14H21NO/c1-15-9-3-2-5-12-7-8-14-13(11-12)6-4-10-16-14/h7-8,11,15H,2-6,9-10H2,1H3. The van der Waals surface area contributed by atoms with Crippen LogP contribution in [0.1, 0.15) is 30.4 Å². The Morgan fingerprint density at radius 1 is 1.31 bits per heavy atom. The van der Waals surface area contributed by atoms with Gasteiger partial charge in [-0.25, -0.2) is 0 Å². The first kappa shape index (κ1) is 11.5. The molecule has 0 amide bonds. The molecule has 16 heavy (non-hydrogen) atoms. The quantitative estimate of drug-likeness (QED) is 0.768. The number of ether oxygens (including phenoxy) is 1. The molecule has 2 heteroatoms. The van der Waals surface area contributed by atoms with E-state index in [1.54, 1.807) is 0 Å². The topological polar surface area (TPSA) is 21.3 Å². The third-order valence-corrected chi connectivity index (χ3v) is 3.12. The molecule has 0 atom stereocenters. The first-order chi connectivity index (χ1) is 7.90. The minimum Gasteiger partial charge on any atom is -0.493 e. The molecule has 2 rings (SSSR count). The molecule has 0 aliphatic carbocycles. The van der Waals surface area contributed by atoms with Gasteiger partial charge in [0.25, 0.3) is 0 Å². The van der Waals surface area contributed by atoms with E-state index in [1.165, 1.54) is 36.8 Å². The van der Waals surface area contributed by atoms with Gasteiger partial charge in [-0.1, -0.05) is 12.1 Å². The third-order valence-electron chi connectivity index (χ3n) is 3.12. The maximum absolute atomic E-state index is 5.61. The Kier molecular flexibility index (Phi) is 4.23. The van der Waals surface area contributed by atoms with Crippen molar-refractivity contribution in [2.45, 2.75) is 32.1 Å². The molecule has 88 valence electrons. The van der Waals surface area contributed by atoms with Crippen LogP contribution in [-0.4, -0.2) is 20.2 Å². The lowest BCUT2D eigenvalue weighted by Crippen LogP contribution is -2.09. The second-order valence-electron chi connectivity index (χ2n) is 4.45. The summed E-state index contributed by atoms with van der Waals surface area (Å²) in [6.07, 6.45) is 6.05. The number of nitrogens with one attached hydrogen (secondary N) is 1. The van der Waals surface area contributed by atoms with Crippen LogP contribution in [0.5, 0.6) is 5.75 Å². The highest BCUT2D eigenvalue weighted by Crippen LogP contribution is 2.25. The molecule has 0 spiro atoms. The maximum atomic E-state index is 5.61. The molecule has 1 aromatic carbocycles. The highest BCUT2D eigenvalue weighted by Gasteiger charge is 2.09. The van der Waals surface area contributed by atoms with E-state index in [9.17, 15) is 0 Å². The van der Waals surface area contributed by atoms with Crippen molar-refractivity contribution < 1.29 is 4.74 Å². The van der Waals surface area contributed by atoms with Crippen LogP contribution < -0.4 is 10.1 Å². The van der Waals surface area contributed by atoms with Crippen molar-refractivity contribution in [3.05, 3.63) is 29.3 Å². The largest absolute Gasteiger partial charge is 0.493 e. The normalized spacial score (nSPS) is 14.3. The average molecular weight is 219 g/mol. The second kappa shape index (κ2) is 5.90. The van der Waals surface area contributed by atoms with Gasteiger partial charge in [-0.05, 0) is 62.9 Å². The van der Waals surface area contributed by atoms with Gasteiger partial charge < -0.3 is 10.1 Å². The molecule has 1 N–H and O–H groups in total. The molecule has 0 bridgehead atoms. The molecular weight excluding hydrogens is 198 g/mol. The number of fused-ring (bicyclic) bond motifs is 1. The van der Waals surface area contributed by atoms with Gasteiger partial charge in [0.1, 0.15) is 5.75 Å². The minimum atomic E-state index is 0.883. The number of rotatable bonds is 5. The number of benzene rings is 1. The van der Waals surface area contributed by atoms with E-state index < -0.39 is 0 Å². The lowest BCUT2D eigenvalue weighted by Gasteiger charge is -2.17. The minimum absolute atomic E-state index is 0.883. The molecule has 1 aromatic rings. The Hall–Kier alpha value is -1.02. The number of unbranched alkanes of at least 4 members (excludes halogenated alkanes) is 1. The molecule has 0 saturated heterocycles. The van der Waals surface area contributed by atoms with Crippen LogP contribution in [0.25, 0.3) is 0 Å². The number of aryl methyl sites for hydroxylation is 2. The third kappa shape index (κ3) is 2.99. The predicted molar refractivity (Wildman–Crippen MR) is 67.1 cm³/mol. The highest BCUT2D eigenvalue weighted by molar-refractivity contribution is 5.38. The first-order valence-corrected chi connectivity index (χ1v) is 6.29. The van der Waals surface area contributed by atoms with Crippen LogP contribution in [0.2, 0.25) is 0 Å². The maximum Gasteiger partial charge on any atom is 0.122 e. The molecule has 0 saturated carbocycles. The van der Waals surface area contributed by atoms with E-state index in [-0.39, 0.29) is 0 Å². The molecule has 0 radical (unpaired) electrons. The molecule has 1 aliphatic heterocycles. The number of hydrogen-bond acceptors (Lipinski definition) is 2. The van der Waals surface area contributed by atoms with E-state index in [2.05, 4.69) is 23.5 Å². The summed E-state index contributed by atoms with van der Waals surface area (Å²) in [5, 5.41) is 3.18. The molecule has 0 fully saturated rings. The van der Waals surface area contributed by atoms with E-state index in [0.717, 1.165) is 25.3 Å². The first-order valence-electron chi connectivity index (χ1n) is 6.29. The van der Waals surface area contributed by atoms with Gasteiger partial charge in [0, 0.05) is 0 Å². The summed E-state index contributed by atoms with van der Waals surface area (Å²) >= 11 is 0. The van der Waals surface area contributed by atoms with Crippen molar-refractivity contribution in [3.63, 3.8) is 0 Å². The predicted octanol–water partition coefficient (Wildman–Crippen LogP) is 2.55. The zero-order chi connectivity index (χ0) is 11.2. The Balaban J connectivity index is 1.90. The van der Waals surface area contributed by atoms with Crippen molar-refractivity contribution in [3.8, 4) is 5.75 Å². The van der Waals surface area contributed by atoms with Crippen molar-refractivity contribution in [1.82, 2.24) is 5.32 Å². The fourth-order valence-electron chi connectivity index (χ4n) is 2.20. The molecule has 1 aliphatic rings. The lowest BCUT2D eigenvalue weighted by molar-refractivity contribution is 0.288. The fourth-order valence-corrected chi connectivity index (χ4v) is 2.20. The fraction of sp³-hybridized carbons (Fsp3) is 0.571. The summed E-state index contributed by atoms with van der Waals surface area (Å²) < 4.78 is 5.61. The van der Waals surface area contributed by atoms with Crippen LogP contribution in [0, 0.1) is 0 Å². The van der Waals surface area contributed by atoms with Crippen molar-refractivity contribution in [2.75, 3.05) is 20.2 Å². The summed E-state index contributed by atoms with van der Waals surface area (Å²) in [7, 11) is 2.01. The Morgan fingerprint density at radius 2 is 2.25 bits per heavy atom. The summed E-state index contributed by atoms with van der Waals surface area (Å²) in [6, 6.07) is 6.68. The Bertz CT molecular complexity index is 336. The van der Waals surface area contributed by atoms with Crippen molar-refractivity contribution >= 4 is 0 Å². The van der Waals surface area contributed by atoms with Gasteiger partial charge >= 0.3 is 0 Å². The van der Waals surface area contributed by atoms with E-state index in [4.69, 9.17) is 4.74 Å². The zero-order valence-corrected chi connectivity index (χ0v) is 10.1. The summed E-state index contributed by atoms with van der Waals surface area (Å²) in [5.74, 6) is 1.10. The van der Waals surface area contributed by atoms with Crippen LogP contribution in [0.4, 0.5) is 0 Å². The van der Waals surface area contributed by atoms with E-state index in [0.29, 0.717) is 0 Å². The van der Waals surface area contributed by atoms with Crippen molar-refractivity contribution in [1.29, 1.82) is 0 Å². The van der Waals surface area contributed by atoms with Gasteiger partial charge in [0.2, 0.25) is 0 Å². The molecular formula is C14H21NO. The average Bonchev–Trinajstić information content (AvgIpc) is 2.34. The number of hydrogen-bond donors (Lipinski definition) is 1. The molecule has 0 aromatic heterocycles. The van der Waals surface area contributed by atoms with E-state index in [1.807, 2.05) is 7.05 Å². The van der Waals surface area contributed by atoms with Crippen LogP contribution >= 0.6 is 0 Å². The highest BCUT2D eigenvalue weighted by atomic mass is 16.5. The van der Waals surface area contributed by atoms with Crippen LogP contribution in [0.3, 0.4) is 0 Å². The van der Waals surface area contributed by atoms with Gasteiger partial charge in [0.05, 0.1) is 6.61 Å². The van der Waals surface area contributed by atoms with E-state index >= 15 is 0 Å². The molecule has 0 unspecified atom stereocenters. The summed E-state index contributed by atoms with van der Waals surface area (Å²) in [5.41, 5.74) is 2.86. The molecule has 2 nitrogen and oxygen atoms in total. The zero-order valence-electron chi connectivity index (χ0n) is 10.1. The van der Waals surface area contributed by atoms with Crippen LogP contribution in [-0.2, 0) is 12.8 Å². The summed E-state index contributed by atoms with van der Waals surface area (Å²) in [4.78, 5) is 0. The Morgan fingerprint density at radius 3 is 3.12 bits per heavy atom. The summed E-state index contributed by atoms with van der Waals surface area (Å²) in [6.45, 7) is 2.00. The lowest BCUT2D eigenvalue weighted by atomic mass is 10.0. The second-order valence-corrected chi connectivity index (χ2v) is 4.45. The molecule has 1 heterocycles.